The van der Waals surface area contributed by atoms with E-state index in [4.69, 9.17) is 4.55 Å². The number of pyridine rings is 1. The van der Waals surface area contributed by atoms with Crippen LogP contribution in [-0.2, 0) is 17.2 Å². The van der Waals surface area contributed by atoms with E-state index >= 15 is 0 Å². The zero-order valence-electron chi connectivity index (χ0n) is 8.78. The number of aryl methyl sites for hydroxylation is 1. The first kappa shape index (κ1) is 11.6. The Morgan fingerprint density at radius 2 is 1.82 bits per heavy atom. The molecule has 0 unspecified atom stereocenters. The second-order valence-electron chi connectivity index (χ2n) is 3.53. The molecule has 7 heteroatoms. The van der Waals surface area contributed by atoms with Crippen LogP contribution in [0.3, 0.4) is 0 Å². The number of fused-ring (bicyclic) bond motifs is 1. The van der Waals surface area contributed by atoms with Gasteiger partial charge in [-0.25, -0.2) is 0 Å². The molecule has 6 nitrogen and oxygen atoms in total. The van der Waals surface area contributed by atoms with Gasteiger partial charge < -0.3 is 9.67 Å². The Morgan fingerprint density at radius 3 is 2.41 bits per heavy atom. The van der Waals surface area contributed by atoms with Gasteiger partial charge in [0.25, 0.3) is 5.56 Å². The Bertz CT molecular complexity index is 760. The molecule has 0 aliphatic heterocycles. The quantitative estimate of drug-likeness (QED) is 0.723. The third-order valence-corrected chi connectivity index (χ3v) is 3.38. The van der Waals surface area contributed by atoms with Crippen LogP contribution in [0.15, 0.2) is 34.0 Å². The van der Waals surface area contributed by atoms with Crippen molar-refractivity contribution in [3.05, 3.63) is 34.6 Å². The molecule has 0 amide bonds. The highest BCUT2D eigenvalue weighted by Crippen LogP contribution is 2.28. The van der Waals surface area contributed by atoms with Crippen LogP contribution in [0.2, 0.25) is 0 Å². The molecule has 0 aliphatic carbocycles. The van der Waals surface area contributed by atoms with E-state index in [0.29, 0.717) is 5.52 Å². The summed E-state index contributed by atoms with van der Waals surface area (Å²) in [5.41, 5.74) is -0.592. The van der Waals surface area contributed by atoms with E-state index in [-0.39, 0.29) is 5.39 Å². The molecule has 0 bridgehead atoms. The van der Waals surface area contributed by atoms with Crippen molar-refractivity contribution >= 4 is 21.0 Å². The van der Waals surface area contributed by atoms with Gasteiger partial charge in [0, 0.05) is 12.4 Å². The SMILES string of the molecule is Cn1c(=O)c(S(=O)(=O)O)c(O)c2ccccc21. The van der Waals surface area contributed by atoms with Gasteiger partial charge in [0.05, 0.1) is 5.52 Å². The molecule has 1 aromatic heterocycles. The molecule has 0 aliphatic rings. The number of hydrogen-bond acceptors (Lipinski definition) is 4. The lowest BCUT2D eigenvalue weighted by atomic mass is 10.2. The molecule has 2 N–H and O–H groups in total. The number of rotatable bonds is 1. The molecule has 0 spiro atoms. The number of benzene rings is 1. The molecule has 17 heavy (non-hydrogen) atoms. The molecule has 1 heterocycles. The summed E-state index contributed by atoms with van der Waals surface area (Å²) in [7, 11) is -3.40. The van der Waals surface area contributed by atoms with Crippen molar-refractivity contribution in [3.63, 3.8) is 0 Å². The van der Waals surface area contributed by atoms with Crippen LogP contribution in [0.1, 0.15) is 0 Å². The molecule has 1 aromatic carbocycles. The fraction of sp³-hybridized carbons (Fsp3) is 0.100. The van der Waals surface area contributed by atoms with Crippen molar-refractivity contribution in [3.8, 4) is 5.75 Å². The van der Waals surface area contributed by atoms with Crippen LogP contribution >= 0.6 is 0 Å². The summed E-state index contributed by atoms with van der Waals surface area (Å²) >= 11 is 0. The van der Waals surface area contributed by atoms with Crippen LogP contribution in [0, 0.1) is 0 Å². The normalized spacial score (nSPS) is 11.9. The summed E-state index contributed by atoms with van der Waals surface area (Å²) in [5.74, 6) is -0.730. The Morgan fingerprint density at radius 1 is 1.24 bits per heavy atom. The van der Waals surface area contributed by atoms with Crippen molar-refractivity contribution in [1.82, 2.24) is 4.57 Å². The van der Waals surface area contributed by atoms with E-state index in [1.807, 2.05) is 0 Å². The minimum absolute atomic E-state index is 0.183. The highest BCUT2D eigenvalue weighted by molar-refractivity contribution is 7.86. The summed E-state index contributed by atoms with van der Waals surface area (Å²) in [6, 6.07) is 6.25. The highest BCUT2D eigenvalue weighted by atomic mass is 32.2. The third-order valence-electron chi connectivity index (χ3n) is 2.49. The number of para-hydroxylation sites is 1. The average molecular weight is 255 g/mol. The van der Waals surface area contributed by atoms with E-state index in [1.54, 1.807) is 18.2 Å². The Kier molecular flexibility index (Phi) is 2.44. The van der Waals surface area contributed by atoms with Crippen LogP contribution in [-0.4, -0.2) is 22.6 Å². The minimum Gasteiger partial charge on any atom is -0.506 e. The van der Waals surface area contributed by atoms with Crippen molar-refractivity contribution in [2.75, 3.05) is 0 Å². The Balaban J connectivity index is 3.14. The second kappa shape index (κ2) is 3.57. The molecule has 2 rings (SSSR count). The largest absolute Gasteiger partial charge is 0.506 e. The standard InChI is InChI=1S/C10H9NO5S/c1-11-7-5-3-2-4-6(7)8(12)9(10(11)13)17(14,15)16/h2-5,12H,1H3,(H,14,15,16). The lowest BCUT2D eigenvalue weighted by Crippen LogP contribution is -2.24. The van der Waals surface area contributed by atoms with Crippen LogP contribution in [0.4, 0.5) is 0 Å². The topological polar surface area (TPSA) is 96.6 Å². The first-order chi connectivity index (χ1) is 7.84. The maximum Gasteiger partial charge on any atom is 0.303 e. The highest BCUT2D eigenvalue weighted by Gasteiger charge is 2.24. The van der Waals surface area contributed by atoms with Gasteiger partial charge in [0.1, 0.15) is 0 Å². The van der Waals surface area contributed by atoms with Gasteiger partial charge in [-0.1, -0.05) is 12.1 Å². The summed E-state index contributed by atoms with van der Waals surface area (Å²) < 4.78 is 32.1. The molecule has 2 aromatic rings. The maximum absolute atomic E-state index is 11.7. The van der Waals surface area contributed by atoms with Gasteiger partial charge in [0.15, 0.2) is 5.75 Å². The van der Waals surface area contributed by atoms with Gasteiger partial charge in [-0.3, -0.25) is 9.35 Å². The van der Waals surface area contributed by atoms with Crippen molar-refractivity contribution in [1.29, 1.82) is 0 Å². The van der Waals surface area contributed by atoms with Gasteiger partial charge in [-0.2, -0.15) is 8.42 Å². The molecule has 90 valence electrons. The first-order valence-electron chi connectivity index (χ1n) is 4.62. The first-order valence-corrected chi connectivity index (χ1v) is 6.06. The fourth-order valence-electron chi connectivity index (χ4n) is 1.68. The van der Waals surface area contributed by atoms with Crippen molar-refractivity contribution in [2.24, 2.45) is 7.05 Å². The number of aromatic nitrogens is 1. The van der Waals surface area contributed by atoms with Gasteiger partial charge in [0.2, 0.25) is 4.90 Å². The predicted molar refractivity (Wildman–Crippen MR) is 60.7 cm³/mol. The summed E-state index contributed by atoms with van der Waals surface area (Å²) in [6.07, 6.45) is 0. The Hall–Kier alpha value is -1.86. The maximum atomic E-state index is 11.7. The molecular formula is C10H9NO5S. The van der Waals surface area contributed by atoms with Crippen molar-refractivity contribution < 1.29 is 18.1 Å². The number of hydrogen-bond donors (Lipinski definition) is 2. The molecule has 0 fully saturated rings. The van der Waals surface area contributed by atoms with E-state index in [0.717, 1.165) is 4.57 Å². The molecular weight excluding hydrogens is 246 g/mol. The van der Waals surface area contributed by atoms with Crippen LogP contribution in [0.25, 0.3) is 10.9 Å². The second-order valence-corrected chi connectivity index (χ2v) is 4.89. The summed E-state index contributed by atoms with van der Waals surface area (Å²) in [5, 5.41) is 9.92. The minimum atomic E-state index is -4.76. The number of aromatic hydroxyl groups is 1. The molecule has 0 radical (unpaired) electrons. The van der Waals surface area contributed by atoms with Crippen LogP contribution in [0.5, 0.6) is 5.75 Å². The molecule has 0 atom stereocenters. The molecule has 0 saturated carbocycles. The number of nitrogens with zero attached hydrogens (tertiary/aromatic N) is 1. The van der Waals surface area contributed by atoms with Crippen LogP contribution < -0.4 is 5.56 Å². The zero-order valence-corrected chi connectivity index (χ0v) is 9.60. The van der Waals surface area contributed by atoms with Gasteiger partial charge in [-0.15, -0.1) is 0 Å². The van der Waals surface area contributed by atoms with E-state index < -0.39 is 26.3 Å². The van der Waals surface area contributed by atoms with Gasteiger partial charge in [-0.05, 0) is 12.1 Å². The third kappa shape index (κ3) is 1.69. The smallest absolute Gasteiger partial charge is 0.303 e. The van der Waals surface area contributed by atoms with Gasteiger partial charge >= 0.3 is 10.1 Å². The zero-order chi connectivity index (χ0) is 12.8. The van der Waals surface area contributed by atoms with Crippen molar-refractivity contribution in [2.45, 2.75) is 4.90 Å². The predicted octanol–water partition coefficient (Wildman–Crippen LogP) is 0.491. The van der Waals surface area contributed by atoms with E-state index in [2.05, 4.69) is 0 Å². The lowest BCUT2D eigenvalue weighted by Gasteiger charge is -2.09. The lowest BCUT2D eigenvalue weighted by molar-refractivity contribution is 0.443. The molecule has 0 saturated heterocycles. The monoisotopic (exact) mass is 255 g/mol. The summed E-state index contributed by atoms with van der Waals surface area (Å²) in [6.45, 7) is 0. The van der Waals surface area contributed by atoms with E-state index in [9.17, 15) is 18.3 Å². The van der Waals surface area contributed by atoms with E-state index in [1.165, 1.54) is 13.1 Å². The fourth-order valence-corrected chi connectivity index (χ4v) is 2.40. The Labute approximate surface area is 96.5 Å². The average Bonchev–Trinajstić information content (AvgIpc) is 2.24. The summed E-state index contributed by atoms with van der Waals surface area (Å²) in [4.78, 5) is 10.7.